The highest BCUT2D eigenvalue weighted by Gasteiger charge is 2.12. The maximum atomic E-state index is 9.62. The number of aliphatic hydroxyl groups excluding tert-OH is 1. The Labute approximate surface area is 96.6 Å². The topological polar surface area (TPSA) is 76.1 Å². The molecule has 1 atom stereocenters. The van der Waals surface area contributed by atoms with E-state index in [0.717, 1.165) is 30.8 Å². The zero-order valence-corrected chi connectivity index (χ0v) is 10.3. The average Bonchev–Trinajstić information content (AvgIpc) is 2.52. The molecule has 0 bridgehead atoms. The molecule has 1 aromatic heterocycles. The van der Waals surface area contributed by atoms with Gasteiger partial charge in [0.25, 0.3) is 0 Å². The first-order valence-corrected chi connectivity index (χ1v) is 5.83. The lowest BCUT2D eigenvalue weighted by molar-refractivity contribution is 0.176. The summed E-state index contributed by atoms with van der Waals surface area (Å²) in [7, 11) is 1.85. The van der Waals surface area contributed by atoms with Gasteiger partial charge in [-0.3, -0.25) is 4.68 Å². The molecule has 0 aliphatic heterocycles. The van der Waals surface area contributed by atoms with Crippen molar-refractivity contribution in [1.29, 1.82) is 0 Å². The number of rotatable bonds is 6. The summed E-state index contributed by atoms with van der Waals surface area (Å²) in [5.74, 6) is 0.798. The Bertz CT molecular complexity index is 335. The lowest BCUT2D eigenvalue weighted by Gasteiger charge is -2.12. The molecule has 1 heterocycles. The zero-order valence-electron chi connectivity index (χ0n) is 10.3. The van der Waals surface area contributed by atoms with Gasteiger partial charge in [0.2, 0.25) is 0 Å². The summed E-state index contributed by atoms with van der Waals surface area (Å²) < 4.78 is 1.73. The lowest BCUT2D eigenvalue weighted by Crippen LogP contribution is -2.20. The molecule has 0 aromatic carbocycles. The van der Waals surface area contributed by atoms with Crippen LogP contribution in [0.15, 0.2) is 0 Å². The molecule has 0 aliphatic carbocycles. The van der Waals surface area contributed by atoms with Gasteiger partial charge < -0.3 is 16.2 Å². The first kappa shape index (κ1) is 12.8. The fraction of sp³-hybridized carbons (Fsp3) is 0.727. The number of nitrogens with one attached hydrogen (secondary N) is 1. The standard InChI is InChI=1S/C11H22N4O/c1-4-6-8(16)7-13-11-10(12)9(5-2)14-15(11)3/h8,13,16H,4-7,12H2,1-3H3. The summed E-state index contributed by atoms with van der Waals surface area (Å²) in [5.41, 5.74) is 7.53. The van der Waals surface area contributed by atoms with Crippen LogP contribution in [0.3, 0.4) is 0 Å². The van der Waals surface area contributed by atoms with Crippen molar-refractivity contribution in [2.75, 3.05) is 17.6 Å². The molecule has 0 fully saturated rings. The quantitative estimate of drug-likeness (QED) is 0.680. The summed E-state index contributed by atoms with van der Waals surface area (Å²) in [6.07, 6.45) is 2.26. The van der Waals surface area contributed by atoms with Crippen LogP contribution in [0, 0.1) is 0 Å². The molecule has 5 nitrogen and oxygen atoms in total. The van der Waals surface area contributed by atoms with Crippen molar-refractivity contribution in [2.45, 2.75) is 39.2 Å². The van der Waals surface area contributed by atoms with Crippen LogP contribution in [0.1, 0.15) is 32.4 Å². The number of hydrogen-bond donors (Lipinski definition) is 3. The van der Waals surface area contributed by atoms with Crippen molar-refractivity contribution in [3.8, 4) is 0 Å². The number of nitrogens with zero attached hydrogens (tertiary/aromatic N) is 2. The molecule has 0 saturated carbocycles. The molecule has 0 spiro atoms. The Morgan fingerprint density at radius 1 is 1.50 bits per heavy atom. The Morgan fingerprint density at radius 3 is 2.69 bits per heavy atom. The summed E-state index contributed by atoms with van der Waals surface area (Å²) in [4.78, 5) is 0. The lowest BCUT2D eigenvalue weighted by atomic mass is 10.2. The molecule has 1 unspecified atom stereocenters. The van der Waals surface area contributed by atoms with E-state index >= 15 is 0 Å². The smallest absolute Gasteiger partial charge is 0.147 e. The predicted molar refractivity (Wildman–Crippen MR) is 66.4 cm³/mol. The molecule has 16 heavy (non-hydrogen) atoms. The largest absolute Gasteiger partial charge is 0.394 e. The SMILES string of the molecule is CCCC(O)CNc1c(N)c(CC)nn1C. The molecule has 92 valence electrons. The van der Waals surface area contributed by atoms with Gasteiger partial charge in [0.05, 0.1) is 17.5 Å². The maximum absolute atomic E-state index is 9.62. The van der Waals surface area contributed by atoms with E-state index in [1.54, 1.807) is 4.68 Å². The monoisotopic (exact) mass is 226 g/mol. The third kappa shape index (κ3) is 2.88. The second kappa shape index (κ2) is 5.75. The highest BCUT2D eigenvalue weighted by Crippen LogP contribution is 2.22. The zero-order chi connectivity index (χ0) is 12.1. The highest BCUT2D eigenvalue weighted by atomic mass is 16.3. The van der Waals surface area contributed by atoms with Gasteiger partial charge in [-0.05, 0) is 12.8 Å². The van der Waals surface area contributed by atoms with E-state index in [0.29, 0.717) is 12.2 Å². The van der Waals surface area contributed by atoms with Crippen LogP contribution in [0.4, 0.5) is 11.5 Å². The molecule has 0 amide bonds. The minimum absolute atomic E-state index is 0.329. The van der Waals surface area contributed by atoms with E-state index < -0.39 is 0 Å². The fourth-order valence-corrected chi connectivity index (χ4v) is 1.72. The summed E-state index contributed by atoms with van der Waals surface area (Å²) in [6.45, 7) is 4.59. The van der Waals surface area contributed by atoms with Crippen LogP contribution >= 0.6 is 0 Å². The van der Waals surface area contributed by atoms with Crippen LogP contribution in [0.5, 0.6) is 0 Å². The molecular formula is C11H22N4O. The molecule has 5 heteroatoms. The van der Waals surface area contributed by atoms with Crippen LogP contribution in [-0.2, 0) is 13.5 Å². The van der Waals surface area contributed by atoms with Gasteiger partial charge in [0.15, 0.2) is 0 Å². The van der Waals surface area contributed by atoms with E-state index in [2.05, 4.69) is 17.3 Å². The van der Waals surface area contributed by atoms with Crippen molar-refractivity contribution in [3.63, 3.8) is 0 Å². The van der Waals surface area contributed by atoms with Crippen LogP contribution in [-0.4, -0.2) is 27.5 Å². The number of nitrogens with two attached hydrogens (primary N) is 1. The minimum atomic E-state index is -0.329. The van der Waals surface area contributed by atoms with E-state index in [-0.39, 0.29) is 6.10 Å². The fourth-order valence-electron chi connectivity index (χ4n) is 1.72. The van der Waals surface area contributed by atoms with E-state index in [1.165, 1.54) is 0 Å². The Hall–Kier alpha value is -1.23. The average molecular weight is 226 g/mol. The minimum Gasteiger partial charge on any atom is -0.394 e. The number of anilines is 2. The number of hydrogen-bond acceptors (Lipinski definition) is 4. The third-order valence-electron chi connectivity index (χ3n) is 2.62. The molecular weight excluding hydrogens is 204 g/mol. The second-order valence-electron chi connectivity index (χ2n) is 4.01. The van der Waals surface area contributed by atoms with Gasteiger partial charge in [-0.15, -0.1) is 0 Å². The third-order valence-corrected chi connectivity index (χ3v) is 2.62. The maximum Gasteiger partial charge on any atom is 0.147 e. The predicted octanol–water partition coefficient (Wildman–Crippen LogP) is 1.14. The van der Waals surface area contributed by atoms with Gasteiger partial charge in [-0.1, -0.05) is 20.3 Å². The first-order chi connectivity index (χ1) is 7.60. The van der Waals surface area contributed by atoms with Gasteiger partial charge >= 0.3 is 0 Å². The van der Waals surface area contributed by atoms with E-state index in [1.807, 2.05) is 14.0 Å². The van der Waals surface area contributed by atoms with Crippen molar-refractivity contribution in [2.24, 2.45) is 7.05 Å². The van der Waals surface area contributed by atoms with Crippen molar-refractivity contribution in [1.82, 2.24) is 9.78 Å². The second-order valence-corrected chi connectivity index (χ2v) is 4.01. The molecule has 0 saturated heterocycles. The Morgan fingerprint density at radius 2 is 2.19 bits per heavy atom. The van der Waals surface area contributed by atoms with E-state index in [4.69, 9.17) is 5.73 Å². The van der Waals surface area contributed by atoms with Crippen LogP contribution < -0.4 is 11.1 Å². The Balaban J connectivity index is 2.63. The van der Waals surface area contributed by atoms with Gasteiger partial charge in [0.1, 0.15) is 5.82 Å². The Kier molecular flexibility index (Phi) is 4.61. The van der Waals surface area contributed by atoms with Gasteiger partial charge in [-0.2, -0.15) is 5.10 Å². The van der Waals surface area contributed by atoms with Crippen molar-refractivity contribution >= 4 is 11.5 Å². The van der Waals surface area contributed by atoms with Crippen LogP contribution in [0.2, 0.25) is 0 Å². The number of nitrogen functional groups attached to an aromatic ring is 1. The van der Waals surface area contributed by atoms with Crippen LogP contribution in [0.25, 0.3) is 0 Å². The molecule has 0 radical (unpaired) electrons. The molecule has 1 rings (SSSR count). The molecule has 4 N–H and O–H groups in total. The summed E-state index contributed by atoms with van der Waals surface area (Å²) in [6, 6.07) is 0. The first-order valence-electron chi connectivity index (χ1n) is 5.83. The number of aliphatic hydroxyl groups is 1. The highest BCUT2D eigenvalue weighted by molar-refractivity contribution is 5.65. The number of aryl methyl sites for hydroxylation is 2. The van der Waals surface area contributed by atoms with Crippen molar-refractivity contribution < 1.29 is 5.11 Å². The van der Waals surface area contributed by atoms with Crippen molar-refractivity contribution in [3.05, 3.63) is 5.69 Å². The van der Waals surface area contributed by atoms with Gasteiger partial charge in [0, 0.05) is 13.6 Å². The molecule has 1 aromatic rings. The van der Waals surface area contributed by atoms with E-state index in [9.17, 15) is 5.11 Å². The summed E-state index contributed by atoms with van der Waals surface area (Å²) >= 11 is 0. The summed E-state index contributed by atoms with van der Waals surface area (Å²) in [5, 5.41) is 17.1. The normalized spacial score (nSPS) is 12.8. The number of aromatic nitrogens is 2. The molecule has 0 aliphatic rings. The van der Waals surface area contributed by atoms with Gasteiger partial charge in [-0.25, -0.2) is 0 Å².